The third-order valence-electron chi connectivity index (χ3n) is 2.60. The van der Waals surface area contributed by atoms with Crippen LogP contribution in [-0.4, -0.2) is 32.4 Å². The summed E-state index contributed by atoms with van der Waals surface area (Å²) in [6, 6.07) is 17.7. The number of aliphatic hydroxyl groups is 1. The molecular formula is C17H21NO4Si. The molecule has 0 aliphatic heterocycles. The first-order chi connectivity index (χ1) is 11.1. The molecule has 2 aromatic carbocycles. The summed E-state index contributed by atoms with van der Waals surface area (Å²) in [7, 11) is 0.806. The van der Waals surface area contributed by atoms with Gasteiger partial charge in [0.25, 0.3) is 0 Å². The Morgan fingerprint density at radius 1 is 1.00 bits per heavy atom. The predicted octanol–water partition coefficient (Wildman–Crippen LogP) is 1.09. The third-order valence-corrected chi connectivity index (χ3v) is 2.60. The number of hydrogen-bond donors (Lipinski definition) is 3. The quantitative estimate of drug-likeness (QED) is 0.442. The van der Waals surface area contributed by atoms with Gasteiger partial charge in [-0.3, -0.25) is 4.79 Å². The monoisotopic (exact) mass is 331 g/mol. The van der Waals surface area contributed by atoms with Gasteiger partial charge in [0.15, 0.2) is 5.78 Å². The molecule has 1 unspecified atom stereocenters. The highest BCUT2D eigenvalue weighted by atomic mass is 28.2. The molecule has 1 atom stereocenters. The molecule has 2 aromatic rings. The molecule has 0 saturated heterocycles. The second-order valence-corrected chi connectivity index (χ2v) is 4.09. The van der Waals surface area contributed by atoms with Gasteiger partial charge in [-0.1, -0.05) is 67.2 Å². The minimum absolute atomic E-state index is 0.271. The van der Waals surface area contributed by atoms with Gasteiger partial charge in [-0.25, -0.2) is 4.79 Å². The summed E-state index contributed by atoms with van der Waals surface area (Å²) in [5.41, 5.74) is 1.15. The van der Waals surface area contributed by atoms with Crippen molar-refractivity contribution >= 4 is 22.2 Å². The van der Waals surface area contributed by atoms with Crippen molar-refractivity contribution in [2.75, 3.05) is 0 Å². The lowest BCUT2D eigenvalue weighted by Crippen LogP contribution is -2.11. The molecule has 0 aliphatic carbocycles. The van der Waals surface area contributed by atoms with Crippen LogP contribution >= 0.6 is 0 Å². The number of carbonyl (C=O) groups is 2. The highest BCUT2D eigenvalue weighted by Crippen LogP contribution is 2.17. The minimum atomic E-state index is -1.08. The zero-order chi connectivity index (χ0) is 17.7. The molecule has 5 nitrogen and oxygen atoms in total. The van der Waals surface area contributed by atoms with Crippen molar-refractivity contribution in [1.29, 1.82) is 0 Å². The average Bonchev–Trinajstić information content (AvgIpc) is 2.64. The Bertz CT molecular complexity index is 603. The first-order valence-corrected chi connectivity index (χ1v) is 7.97. The minimum Gasteiger partial charge on any atom is -0.478 e. The van der Waals surface area contributed by atoms with Crippen LogP contribution in [0.15, 0.2) is 73.3 Å². The van der Waals surface area contributed by atoms with Gasteiger partial charge in [0, 0.05) is 11.6 Å². The Morgan fingerprint density at radius 2 is 1.39 bits per heavy atom. The van der Waals surface area contributed by atoms with Crippen molar-refractivity contribution in [3.8, 4) is 0 Å². The maximum Gasteiger partial charge on any atom is 0.327 e. The normalized spacial score (nSPS) is 10.2. The predicted molar refractivity (Wildman–Crippen MR) is 94.1 cm³/mol. The number of carboxylic acids is 1. The maximum absolute atomic E-state index is 11.9. The fraction of sp³-hybridized carbons (Fsp3) is 0.0588. The van der Waals surface area contributed by atoms with Crippen LogP contribution in [0.1, 0.15) is 22.0 Å². The summed E-state index contributed by atoms with van der Waals surface area (Å²) >= 11 is 0. The summed E-state index contributed by atoms with van der Waals surface area (Å²) in [6.07, 6.45) is -0.247. The van der Waals surface area contributed by atoms with Crippen LogP contribution in [-0.2, 0) is 4.79 Å². The number of carboxylic acid groups (broad SMARTS) is 1. The standard InChI is InChI=1S/C14H12O2.C3H4O2.H5NSi/c15-13(11-7-3-1-4-8-11)14(16)12-9-5-2-6-10-12;1-2-3(4)5;1-2/h1-10,13,15H;2H,1H2,(H,4,5);1H2,2H3. The second-order valence-electron chi connectivity index (χ2n) is 4.09. The van der Waals surface area contributed by atoms with Crippen LogP contribution in [0.4, 0.5) is 0 Å². The molecule has 0 aliphatic rings. The smallest absolute Gasteiger partial charge is 0.327 e. The molecule has 0 fully saturated rings. The fourth-order valence-electron chi connectivity index (χ4n) is 1.55. The van der Waals surface area contributed by atoms with Gasteiger partial charge in [-0.15, -0.1) is 0 Å². The van der Waals surface area contributed by atoms with Crippen molar-refractivity contribution in [2.24, 2.45) is 5.40 Å². The Balaban J connectivity index is 0.000000594. The third kappa shape index (κ3) is 7.87. The van der Waals surface area contributed by atoms with E-state index < -0.39 is 12.1 Å². The van der Waals surface area contributed by atoms with E-state index in [0.29, 0.717) is 11.1 Å². The van der Waals surface area contributed by atoms with Gasteiger partial charge in [0.05, 0.1) is 10.4 Å². The van der Waals surface area contributed by atoms with Gasteiger partial charge < -0.3 is 15.6 Å². The molecule has 0 heterocycles. The number of aliphatic hydroxyl groups excluding tert-OH is 1. The van der Waals surface area contributed by atoms with E-state index in [2.05, 4.69) is 12.0 Å². The first kappa shape index (κ1) is 20.5. The van der Waals surface area contributed by atoms with Gasteiger partial charge in [-0.05, 0) is 5.56 Å². The number of hydrogen-bond acceptors (Lipinski definition) is 4. The van der Waals surface area contributed by atoms with Crippen molar-refractivity contribution in [2.45, 2.75) is 6.10 Å². The summed E-state index contributed by atoms with van der Waals surface area (Å²) in [6.45, 7) is 2.96. The summed E-state index contributed by atoms with van der Waals surface area (Å²) in [5.74, 6) is -1.25. The van der Waals surface area contributed by atoms with E-state index >= 15 is 0 Å². The fourth-order valence-corrected chi connectivity index (χ4v) is 1.55. The van der Waals surface area contributed by atoms with E-state index in [9.17, 15) is 14.7 Å². The number of nitrogens with two attached hydrogens (primary N) is 1. The lowest BCUT2D eigenvalue weighted by molar-refractivity contribution is -0.131. The molecule has 6 heteroatoms. The molecule has 0 bridgehead atoms. The molecule has 0 aromatic heterocycles. The highest BCUT2D eigenvalue weighted by molar-refractivity contribution is 6.02. The van der Waals surface area contributed by atoms with Crippen LogP contribution in [0.2, 0.25) is 0 Å². The molecule has 0 radical (unpaired) electrons. The maximum atomic E-state index is 11.9. The Kier molecular flexibility index (Phi) is 10.7. The summed E-state index contributed by atoms with van der Waals surface area (Å²) < 4.78 is 0. The molecular weight excluding hydrogens is 310 g/mol. The Hall–Kier alpha value is -2.54. The van der Waals surface area contributed by atoms with E-state index in [-0.39, 0.29) is 5.78 Å². The molecule has 0 saturated carbocycles. The number of rotatable bonds is 4. The second kappa shape index (κ2) is 12.0. The molecule has 4 N–H and O–H groups in total. The number of aliphatic carboxylic acids is 1. The van der Waals surface area contributed by atoms with Gasteiger partial charge in [0.1, 0.15) is 6.10 Å². The summed E-state index contributed by atoms with van der Waals surface area (Å²) in [5, 5.41) is 22.1. The van der Waals surface area contributed by atoms with Gasteiger partial charge in [0.2, 0.25) is 0 Å². The molecule has 23 heavy (non-hydrogen) atoms. The van der Waals surface area contributed by atoms with Crippen LogP contribution in [0.5, 0.6) is 0 Å². The average molecular weight is 331 g/mol. The molecule has 0 spiro atoms. The number of ketones is 1. The SMILES string of the molecule is C=CC(=O)O.N[SiH3].O=C(c1ccccc1)C(O)c1ccccc1. The topological polar surface area (TPSA) is 101 Å². The zero-order valence-corrected chi connectivity index (χ0v) is 14.9. The highest BCUT2D eigenvalue weighted by Gasteiger charge is 2.18. The Morgan fingerprint density at radius 3 is 1.78 bits per heavy atom. The lowest BCUT2D eigenvalue weighted by Gasteiger charge is -2.09. The first-order valence-electron chi connectivity index (χ1n) is 6.81. The van der Waals surface area contributed by atoms with Crippen molar-refractivity contribution < 1.29 is 19.8 Å². The summed E-state index contributed by atoms with van der Waals surface area (Å²) in [4.78, 5) is 21.1. The van der Waals surface area contributed by atoms with Gasteiger partial charge >= 0.3 is 5.97 Å². The van der Waals surface area contributed by atoms with Crippen LogP contribution in [0.3, 0.4) is 0 Å². The lowest BCUT2D eigenvalue weighted by atomic mass is 10.0. The van der Waals surface area contributed by atoms with E-state index in [1.54, 1.807) is 48.5 Å². The Labute approximate surface area is 138 Å². The number of Topliss-reactive ketones (excluding diaryl/α,β-unsaturated/α-hetero) is 1. The van der Waals surface area contributed by atoms with Crippen molar-refractivity contribution in [3.05, 3.63) is 84.4 Å². The van der Waals surface area contributed by atoms with Crippen molar-refractivity contribution in [1.82, 2.24) is 0 Å². The molecule has 0 amide bonds. The molecule has 122 valence electrons. The number of benzene rings is 2. The largest absolute Gasteiger partial charge is 0.478 e. The van der Waals surface area contributed by atoms with Crippen LogP contribution in [0.25, 0.3) is 0 Å². The van der Waals surface area contributed by atoms with E-state index in [4.69, 9.17) is 5.11 Å². The van der Waals surface area contributed by atoms with E-state index in [1.165, 1.54) is 0 Å². The zero-order valence-electron chi connectivity index (χ0n) is 12.9. The van der Waals surface area contributed by atoms with Crippen LogP contribution < -0.4 is 5.40 Å². The van der Waals surface area contributed by atoms with Crippen LogP contribution in [0, 0.1) is 0 Å². The van der Waals surface area contributed by atoms with Crippen molar-refractivity contribution in [3.63, 3.8) is 0 Å². The number of carbonyl (C=O) groups excluding carboxylic acids is 1. The molecule has 2 rings (SSSR count). The van der Waals surface area contributed by atoms with E-state index in [1.807, 2.05) is 12.1 Å². The van der Waals surface area contributed by atoms with E-state index in [0.717, 1.165) is 16.5 Å². The van der Waals surface area contributed by atoms with Gasteiger partial charge in [-0.2, -0.15) is 0 Å².